The van der Waals surface area contributed by atoms with Gasteiger partial charge >= 0.3 is 12.0 Å². The van der Waals surface area contributed by atoms with Gasteiger partial charge in [0.1, 0.15) is 40.9 Å². The van der Waals surface area contributed by atoms with Crippen molar-refractivity contribution in [2.45, 2.75) is 109 Å². The fourth-order valence-corrected chi connectivity index (χ4v) is 7.87. The molecule has 2 fully saturated rings. The van der Waals surface area contributed by atoms with Gasteiger partial charge in [0.05, 0.1) is 24.9 Å². The first-order valence-corrected chi connectivity index (χ1v) is 20.0. The van der Waals surface area contributed by atoms with Gasteiger partial charge in [-0.05, 0) is 57.1 Å². The summed E-state index contributed by atoms with van der Waals surface area (Å²) in [5.74, 6) is -1.35. The highest BCUT2D eigenvalue weighted by Gasteiger charge is 2.61. The number of pyridine rings is 1. The quantitative estimate of drug-likeness (QED) is 0.168. The van der Waals surface area contributed by atoms with Crippen LogP contribution in [-0.4, -0.2) is 93.8 Å². The van der Waals surface area contributed by atoms with Crippen LogP contribution >= 0.6 is 11.3 Å². The predicted molar refractivity (Wildman–Crippen MR) is 211 cm³/mol. The predicted octanol–water partition coefficient (Wildman–Crippen LogP) is 5.73. The number of methoxy groups -OCH3 is 1. The van der Waals surface area contributed by atoms with Gasteiger partial charge in [0.25, 0.3) is 0 Å². The van der Waals surface area contributed by atoms with Gasteiger partial charge < -0.3 is 40.7 Å². The Morgan fingerprint density at radius 1 is 1.15 bits per heavy atom. The smallest absolute Gasteiger partial charge is 0.330 e. The van der Waals surface area contributed by atoms with Gasteiger partial charge in [-0.25, -0.2) is 19.6 Å². The van der Waals surface area contributed by atoms with E-state index in [9.17, 15) is 24.3 Å². The van der Waals surface area contributed by atoms with Crippen LogP contribution in [-0.2, 0) is 14.4 Å². The largest absolute Gasteiger partial charge is 0.497 e. The van der Waals surface area contributed by atoms with Crippen molar-refractivity contribution in [2.75, 3.05) is 25.5 Å². The van der Waals surface area contributed by atoms with Gasteiger partial charge in [0.15, 0.2) is 5.13 Å². The maximum Gasteiger partial charge on any atom is 0.330 e. The van der Waals surface area contributed by atoms with E-state index in [-0.39, 0.29) is 36.8 Å². The lowest BCUT2D eigenvalue weighted by molar-refractivity contribution is -0.145. The number of rotatable bonds is 9. The fraction of sp³-hybridized carbons (Fsp3) is 0.550. The summed E-state index contributed by atoms with van der Waals surface area (Å²) in [6.45, 7) is 10.7. The minimum absolute atomic E-state index is 0.0368. The van der Waals surface area contributed by atoms with Crippen molar-refractivity contribution in [1.82, 2.24) is 30.8 Å². The zero-order chi connectivity index (χ0) is 39.5. The second-order valence-electron chi connectivity index (χ2n) is 15.8. The van der Waals surface area contributed by atoms with E-state index in [4.69, 9.17) is 19.4 Å². The number of benzene rings is 1. The first-order valence-electron chi connectivity index (χ1n) is 19.2. The molecule has 6 atom stereocenters. The number of anilines is 1. The van der Waals surface area contributed by atoms with E-state index in [1.807, 2.05) is 76.4 Å². The summed E-state index contributed by atoms with van der Waals surface area (Å²) in [4.78, 5) is 65.7. The van der Waals surface area contributed by atoms with E-state index in [1.165, 1.54) is 16.2 Å². The molecule has 0 spiro atoms. The van der Waals surface area contributed by atoms with Crippen LogP contribution in [0.2, 0.25) is 0 Å². The van der Waals surface area contributed by atoms with Crippen molar-refractivity contribution >= 4 is 51.2 Å². The molecule has 0 bridgehead atoms. The number of urea groups is 1. The number of amides is 4. The second-order valence-corrected chi connectivity index (χ2v) is 16.7. The van der Waals surface area contributed by atoms with Crippen LogP contribution in [0.25, 0.3) is 22.3 Å². The molecule has 1 saturated carbocycles. The second kappa shape index (κ2) is 16.4. The summed E-state index contributed by atoms with van der Waals surface area (Å²) in [6.07, 6.45) is 7.03. The lowest BCUT2D eigenvalue weighted by Crippen LogP contribution is -2.58. The van der Waals surface area contributed by atoms with Crippen LogP contribution in [0, 0.1) is 11.3 Å². The summed E-state index contributed by atoms with van der Waals surface area (Å²) in [7, 11) is 1.58. The average molecular weight is 776 g/mol. The number of carbonyl (C=O) groups excluding carboxylic acids is 3. The number of allylic oxidation sites excluding steroid dienone is 1. The number of carbonyl (C=O) groups is 4. The van der Waals surface area contributed by atoms with E-state index in [1.54, 1.807) is 7.11 Å². The first kappa shape index (κ1) is 39.8. The van der Waals surface area contributed by atoms with Crippen molar-refractivity contribution in [3.05, 3.63) is 41.8 Å². The summed E-state index contributed by atoms with van der Waals surface area (Å²) < 4.78 is 12.2. The Morgan fingerprint density at radius 2 is 1.95 bits per heavy atom. The normalized spacial score (nSPS) is 25.7. The topological polar surface area (TPSA) is 184 Å². The van der Waals surface area contributed by atoms with E-state index in [2.05, 4.69) is 21.3 Å². The maximum absolute atomic E-state index is 14.6. The number of carboxylic acids is 1. The molecule has 1 aromatic carbocycles. The van der Waals surface area contributed by atoms with Crippen LogP contribution < -0.4 is 30.7 Å². The van der Waals surface area contributed by atoms with Crippen LogP contribution in [0.3, 0.4) is 0 Å². The van der Waals surface area contributed by atoms with Crippen LogP contribution in [0.4, 0.5) is 9.93 Å². The molecule has 3 aliphatic rings. The Hall–Kier alpha value is -4.92. The fourth-order valence-electron chi connectivity index (χ4n) is 7.10. The summed E-state index contributed by atoms with van der Waals surface area (Å²) in [5.41, 5.74) is 0.188. The summed E-state index contributed by atoms with van der Waals surface area (Å²) in [6, 6.07) is 4.68. The monoisotopic (exact) mass is 775 g/mol. The number of carboxylic acid groups (broad SMARTS) is 1. The zero-order valence-corrected chi connectivity index (χ0v) is 33.3. The third-order valence-corrected chi connectivity index (χ3v) is 11.7. The molecule has 3 aromatic rings. The van der Waals surface area contributed by atoms with Crippen LogP contribution in [0.1, 0.15) is 79.6 Å². The first-order chi connectivity index (χ1) is 26.2. The number of hydrogen-bond acceptors (Lipinski definition) is 10. The Kier molecular flexibility index (Phi) is 11.9. The molecule has 14 nitrogen and oxygen atoms in total. The van der Waals surface area contributed by atoms with Gasteiger partial charge in [-0.3, -0.25) is 9.59 Å². The molecule has 5 N–H and O–H groups in total. The van der Waals surface area contributed by atoms with Gasteiger partial charge in [0, 0.05) is 47.8 Å². The number of aromatic nitrogens is 2. The van der Waals surface area contributed by atoms with E-state index >= 15 is 0 Å². The highest BCUT2D eigenvalue weighted by atomic mass is 32.1. The Labute approximate surface area is 325 Å². The lowest BCUT2D eigenvalue weighted by atomic mass is 9.88. The molecule has 1 saturated heterocycles. The molecule has 55 heavy (non-hydrogen) atoms. The standard InChI is InChI=1S/C40H53N7O7S/c1-7-41-38-45-31(22-55-38)30-19-33(27-16-15-25(53-6)17-29(27)43-30)54-26-18-32-34(48)46-40(36(50)51)20-24(40)13-11-9-8-10-12-14-28(35(49)47(32)21-26)44-37(52)42-23(2)39(3,4)5/h11,13,15-17,19,22-24,26,28,32H,7-10,12,14,18,20-21H2,1-6H3,(H,41,45)(H,46,48)(H,50,51)(H2,42,44,52)/b13-11-/t23-,24-,26-,28-,32?,40-/m1/s1. The lowest BCUT2D eigenvalue weighted by Gasteiger charge is -2.31. The number of fused-ring (bicyclic) bond motifs is 3. The van der Waals surface area contributed by atoms with Crippen LogP contribution in [0.15, 0.2) is 41.8 Å². The molecular formula is C40H53N7O7S. The van der Waals surface area contributed by atoms with Gasteiger partial charge in [0.2, 0.25) is 11.8 Å². The molecule has 4 heterocycles. The van der Waals surface area contributed by atoms with E-state index < -0.39 is 47.5 Å². The molecule has 4 amide bonds. The van der Waals surface area contributed by atoms with Crippen molar-refractivity contribution < 1.29 is 33.8 Å². The molecule has 1 aliphatic carbocycles. The highest BCUT2D eigenvalue weighted by molar-refractivity contribution is 7.14. The van der Waals surface area contributed by atoms with Crippen molar-refractivity contribution in [3.63, 3.8) is 0 Å². The number of ether oxygens (including phenoxy) is 2. The summed E-state index contributed by atoms with van der Waals surface area (Å²) in [5, 5.41) is 25.6. The minimum atomic E-state index is -1.45. The Morgan fingerprint density at radius 3 is 2.67 bits per heavy atom. The Balaban J connectivity index is 1.33. The van der Waals surface area contributed by atoms with Gasteiger partial charge in [-0.2, -0.15) is 0 Å². The molecule has 6 rings (SSSR count). The van der Waals surface area contributed by atoms with Crippen molar-refractivity contribution in [1.29, 1.82) is 0 Å². The minimum Gasteiger partial charge on any atom is -0.497 e. The third-order valence-electron chi connectivity index (χ3n) is 10.9. The van der Waals surface area contributed by atoms with Crippen LogP contribution in [0.5, 0.6) is 11.5 Å². The molecule has 0 radical (unpaired) electrons. The molecule has 1 unspecified atom stereocenters. The zero-order valence-electron chi connectivity index (χ0n) is 32.4. The van der Waals surface area contributed by atoms with Gasteiger partial charge in [-0.1, -0.05) is 45.8 Å². The number of thiazole rings is 1. The number of nitrogens with one attached hydrogen (secondary N) is 4. The molecule has 15 heteroatoms. The average Bonchev–Trinajstić information content (AvgIpc) is 3.42. The van der Waals surface area contributed by atoms with E-state index in [0.29, 0.717) is 46.6 Å². The Bertz CT molecular complexity index is 1940. The van der Waals surface area contributed by atoms with Crippen molar-refractivity contribution in [2.24, 2.45) is 11.3 Å². The van der Waals surface area contributed by atoms with Gasteiger partial charge in [-0.15, -0.1) is 11.3 Å². The number of nitrogens with zero attached hydrogens (tertiary/aromatic N) is 3. The number of aliphatic carboxylic acids is 1. The van der Waals surface area contributed by atoms with Crippen molar-refractivity contribution in [3.8, 4) is 22.9 Å². The molecule has 2 aliphatic heterocycles. The SMILES string of the molecule is CCNc1nc(-c2cc(O[C@@H]3CC4C(=O)N[C@]5(C(=O)O)C[C@H]5/C=C\CCCCC[C@@H](NC(=O)N[C@H](C)C(C)(C)C)C(=O)N4C3)c3ccc(OC)cc3n2)cs1. The molecule has 2 aromatic heterocycles. The maximum atomic E-state index is 14.6. The third kappa shape index (κ3) is 8.98. The molecule has 296 valence electrons. The molecular weight excluding hydrogens is 723 g/mol. The number of hydrogen-bond donors (Lipinski definition) is 5. The highest BCUT2D eigenvalue weighted by Crippen LogP contribution is 2.45. The summed E-state index contributed by atoms with van der Waals surface area (Å²) >= 11 is 1.47. The van der Waals surface area contributed by atoms with E-state index in [0.717, 1.165) is 30.9 Å².